The Morgan fingerprint density at radius 1 is 1.28 bits per heavy atom. The molecule has 1 rings (SSSR count). The molecule has 1 aromatic carbocycles. The second kappa shape index (κ2) is 6.38. The zero-order chi connectivity index (χ0) is 13.8. The van der Waals surface area contributed by atoms with Crippen molar-refractivity contribution in [2.24, 2.45) is 5.73 Å². The van der Waals surface area contributed by atoms with E-state index in [0.717, 1.165) is 0 Å². The molecule has 0 aliphatic carbocycles. The third-order valence-electron chi connectivity index (χ3n) is 2.55. The Kier molecular flexibility index (Phi) is 5.41. The maximum absolute atomic E-state index is 13.5. The number of hydrogen-bond donors (Lipinski definition) is 1. The zero-order valence-electron chi connectivity index (χ0n) is 9.61. The van der Waals surface area contributed by atoms with Crippen molar-refractivity contribution in [3.8, 4) is 0 Å². The van der Waals surface area contributed by atoms with E-state index in [4.69, 9.17) is 17.3 Å². The highest BCUT2D eigenvalue weighted by atomic mass is 35.5. The first-order valence-corrected chi connectivity index (χ1v) is 5.92. The minimum atomic E-state index is -4.17. The fourth-order valence-corrected chi connectivity index (χ4v) is 1.85. The van der Waals surface area contributed by atoms with E-state index in [-0.39, 0.29) is 24.3 Å². The van der Waals surface area contributed by atoms with Gasteiger partial charge in [0.1, 0.15) is 5.82 Å². The summed E-state index contributed by atoms with van der Waals surface area (Å²) in [5, 5.41) is -0.00464. The Balaban J connectivity index is 2.45. The number of hydrogen-bond acceptors (Lipinski definition) is 1. The molecule has 0 saturated carbocycles. The van der Waals surface area contributed by atoms with Gasteiger partial charge in [-0.3, -0.25) is 0 Å². The van der Waals surface area contributed by atoms with Crippen LogP contribution in [0.2, 0.25) is 5.02 Å². The van der Waals surface area contributed by atoms with E-state index in [0.29, 0.717) is 5.56 Å². The van der Waals surface area contributed by atoms with Crippen molar-refractivity contribution >= 4 is 11.6 Å². The van der Waals surface area contributed by atoms with Gasteiger partial charge in [-0.15, -0.1) is 0 Å². The van der Waals surface area contributed by atoms with Crippen LogP contribution in [0, 0.1) is 5.82 Å². The van der Waals surface area contributed by atoms with Gasteiger partial charge in [-0.1, -0.05) is 23.7 Å². The van der Waals surface area contributed by atoms with E-state index in [1.165, 1.54) is 12.1 Å². The molecule has 1 atom stereocenters. The Labute approximate surface area is 108 Å². The molecule has 0 radical (unpaired) electrons. The quantitative estimate of drug-likeness (QED) is 0.810. The van der Waals surface area contributed by atoms with Gasteiger partial charge in [-0.2, -0.15) is 13.2 Å². The molecule has 2 N–H and O–H groups in total. The van der Waals surface area contributed by atoms with Crippen LogP contribution < -0.4 is 5.73 Å². The zero-order valence-corrected chi connectivity index (χ0v) is 10.4. The number of alkyl halides is 3. The minimum absolute atomic E-state index is 0.00464. The third kappa shape index (κ3) is 5.23. The van der Waals surface area contributed by atoms with E-state index in [1.54, 1.807) is 6.07 Å². The lowest BCUT2D eigenvalue weighted by molar-refractivity contribution is -0.135. The Morgan fingerprint density at radius 2 is 1.94 bits per heavy atom. The fraction of sp³-hybridized carbons (Fsp3) is 0.500. The van der Waals surface area contributed by atoms with Crippen LogP contribution in [0.15, 0.2) is 18.2 Å². The summed E-state index contributed by atoms with van der Waals surface area (Å²) in [6.07, 6.45) is -4.69. The van der Waals surface area contributed by atoms with E-state index in [1.807, 2.05) is 0 Å². The summed E-state index contributed by atoms with van der Waals surface area (Å²) in [6.45, 7) is 0. The van der Waals surface area contributed by atoms with Gasteiger partial charge in [0.2, 0.25) is 0 Å². The molecule has 0 aromatic heterocycles. The van der Waals surface area contributed by atoms with Gasteiger partial charge in [-0.05, 0) is 30.9 Å². The molecule has 0 spiro atoms. The van der Waals surface area contributed by atoms with Gasteiger partial charge in [0.25, 0.3) is 0 Å². The Bertz CT molecular complexity index is 392. The van der Waals surface area contributed by atoms with Gasteiger partial charge < -0.3 is 5.73 Å². The summed E-state index contributed by atoms with van der Waals surface area (Å²) in [5.74, 6) is -0.551. The summed E-state index contributed by atoms with van der Waals surface area (Å²) < 4.78 is 49.3. The largest absolute Gasteiger partial charge is 0.389 e. The van der Waals surface area contributed by atoms with Crippen LogP contribution in [0.25, 0.3) is 0 Å². The van der Waals surface area contributed by atoms with Gasteiger partial charge >= 0.3 is 6.18 Å². The van der Waals surface area contributed by atoms with Crippen LogP contribution in [0.5, 0.6) is 0 Å². The van der Waals surface area contributed by atoms with Crippen LogP contribution in [0.3, 0.4) is 0 Å². The van der Waals surface area contributed by atoms with Gasteiger partial charge in [0.05, 0.1) is 5.02 Å². The first-order valence-electron chi connectivity index (χ1n) is 5.55. The first kappa shape index (κ1) is 15.2. The summed E-state index contributed by atoms with van der Waals surface area (Å²) >= 11 is 5.60. The average molecular weight is 284 g/mol. The summed E-state index contributed by atoms with van der Waals surface area (Å²) in [7, 11) is 0. The summed E-state index contributed by atoms with van der Waals surface area (Å²) in [5.41, 5.74) is 6.01. The molecule has 18 heavy (non-hydrogen) atoms. The van der Waals surface area contributed by atoms with Gasteiger partial charge in [0, 0.05) is 12.5 Å². The number of benzene rings is 1. The first-order chi connectivity index (χ1) is 8.29. The van der Waals surface area contributed by atoms with Crippen molar-refractivity contribution in [2.75, 3.05) is 0 Å². The standard InChI is InChI=1S/C12H14ClF4N/c13-10-5-1-3-8(11(10)14)7-9(18)4-2-6-12(15,16)17/h1,3,5,9H,2,4,6-7,18H2. The van der Waals surface area contributed by atoms with Gasteiger partial charge in [0.15, 0.2) is 0 Å². The van der Waals surface area contributed by atoms with E-state index in [2.05, 4.69) is 0 Å². The molecular formula is C12H14ClF4N. The highest BCUT2D eigenvalue weighted by Gasteiger charge is 2.26. The SMILES string of the molecule is NC(CCCC(F)(F)F)Cc1cccc(Cl)c1F. The van der Waals surface area contributed by atoms with Crippen LogP contribution in [0.1, 0.15) is 24.8 Å². The van der Waals surface area contributed by atoms with Gasteiger partial charge in [-0.25, -0.2) is 4.39 Å². The van der Waals surface area contributed by atoms with Crippen LogP contribution >= 0.6 is 11.6 Å². The molecule has 0 heterocycles. The van der Waals surface area contributed by atoms with E-state index in [9.17, 15) is 17.6 Å². The lowest BCUT2D eigenvalue weighted by atomic mass is 10.0. The predicted octanol–water partition coefficient (Wildman–Crippen LogP) is 4.08. The maximum Gasteiger partial charge on any atom is 0.389 e. The third-order valence-corrected chi connectivity index (χ3v) is 2.84. The molecule has 0 amide bonds. The highest BCUT2D eigenvalue weighted by Crippen LogP contribution is 2.24. The van der Waals surface area contributed by atoms with E-state index >= 15 is 0 Å². The van der Waals surface area contributed by atoms with Crippen molar-refractivity contribution in [1.29, 1.82) is 0 Å². The molecule has 1 unspecified atom stereocenters. The van der Waals surface area contributed by atoms with Crippen LogP contribution in [-0.4, -0.2) is 12.2 Å². The van der Waals surface area contributed by atoms with Crippen molar-refractivity contribution in [3.63, 3.8) is 0 Å². The molecule has 0 fully saturated rings. The lowest BCUT2D eigenvalue weighted by Crippen LogP contribution is -2.24. The van der Waals surface area contributed by atoms with E-state index < -0.39 is 24.5 Å². The smallest absolute Gasteiger partial charge is 0.327 e. The van der Waals surface area contributed by atoms with Crippen LogP contribution in [-0.2, 0) is 6.42 Å². The topological polar surface area (TPSA) is 26.0 Å². The average Bonchev–Trinajstić information content (AvgIpc) is 2.23. The van der Waals surface area contributed by atoms with Crippen molar-refractivity contribution < 1.29 is 17.6 Å². The fourth-order valence-electron chi connectivity index (χ4n) is 1.66. The van der Waals surface area contributed by atoms with Crippen molar-refractivity contribution in [3.05, 3.63) is 34.6 Å². The molecule has 102 valence electrons. The summed E-state index contributed by atoms with van der Waals surface area (Å²) in [4.78, 5) is 0. The second-order valence-corrected chi connectivity index (χ2v) is 4.59. The maximum atomic E-state index is 13.5. The number of rotatable bonds is 5. The molecule has 0 aliphatic heterocycles. The number of halogens is 5. The monoisotopic (exact) mass is 283 g/mol. The molecule has 1 aromatic rings. The van der Waals surface area contributed by atoms with Crippen molar-refractivity contribution in [1.82, 2.24) is 0 Å². The molecule has 0 saturated heterocycles. The predicted molar refractivity (Wildman–Crippen MR) is 63.0 cm³/mol. The van der Waals surface area contributed by atoms with Crippen molar-refractivity contribution in [2.45, 2.75) is 37.9 Å². The Hall–Kier alpha value is -0.810. The molecular weight excluding hydrogens is 270 g/mol. The molecule has 1 nitrogen and oxygen atoms in total. The lowest BCUT2D eigenvalue weighted by Gasteiger charge is -2.13. The molecule has 0 bridgehead atoms. The normalized spacial score (nSPS) is 13.7. The minimum Gasteiger partial charge on any atom is -0.327 e. The highest BCUT2D eigenvalue weighted by molar-refractivity contribution is 6.30. The summed E-state index contributed by atoms with van der Waals surface area (Å²) in [6, 6.07) is 4.03. The Morgan fingerprint density at radius 3 is 2.56 bits per heavy atom. The molecule has 0 aliphatic rings. The second-order valence-electron chi connectivity index (χ2n) is 4.18. The number of nitrogens with two attached hydrogens (primary N) is 1. The van der Waals surface area contributed by atoms with Crippen LogP contribution in [0.4, 0.5) is 17.6 Å². The molecule has 6 heteroatoms.